The summed E-state index contributed by atoms with van der Waals surface area (Å²) >= 11 is 0. The number of hydrogen-bond donors (Lipinski definition) is 4. The van der Waals surface area contributed by atoms with Gasteiger partial charge in [0.25, 0.3) is 0 Å². The number of pyridine rings is 1. The van der Waals surface area contributed by atoms with Crippen LogP contribution in [-0.2, 0) is 10.0 Å². The standard InChI is InChI=1S/C10H14N6O2S/c1-7(8-4-13-14-5-8)16-19(17,18)10-6-12-3-2-9(10)15-11/h2-7,16H,11H2,1H3,(H,12,15)(H,13,14). The molecule has 0 amide bonds. The van der Waals surface area contributed by atoms with Gasteiger partial charge in [0.1, 0.15) is 4.90 Å². The second kappa shape index (κ2) is 5.34. The summed E-state index contributed by atoms with van der Waals surface area (Å²) in [6.07, 6.45) is 5.87. The zero-order valence-electron chi connectivity index (χ0n) is 10.2. The van der Waals surface area contributed by atoms with Crippen LogP contribution in [0.4, 0.5) is 5.69 Å². The number of nitrogens with zero attached hydrogens (tertiary/aromatic N) is 2. The number of H-pyrrole nitrogens is 1. The highest BCUT2D eigenvalue weighted by atomic mass is 32.2. The van der Waals surface area contributed by atoms with Gasteiger partial charge in [-0.1, -0.05) is 0 Å². The number of nitrogens with two attached hydrogens (primary N) is 1. The molecule has 102 valence electrons. The monoisotopic (exact) mass is 282 g/mol. The van der Waals surface area contributed by atoms with Crippen molar-refractivity contribution in [2.24, 2.45) is 5.84 Å². The normalized spacial score (nSPS) is 13.2. The van der Waals surface area contributed by atoms with Gasteiger partial charge in [0.2, 0.25) is 10.0 Å². The molecule has 0 spiro atoms. The first-order valence-electron chi connectivity index (χ1n) is 5.46. The quantitative estimate of drug-likeness (QED) is 0.456. The van der Waals surface area contributed by atoms with Crippen molar-refractivity contribution in [3.05, 3.63) is 36.4 Å². The molecule has 8 nitrogen and oxygen atoms in total. The van der Waals surface area contributed by atoms with Crippen molar-refractivity contribution < 1.29 is 8.42 Å². The maximum absolute atomic E-state index is 12.2. The number of anilines is 1. The summed E-state index contributed by atoms with van der Waals surface area (Å²) in [5, 5.41) is 6.40. The first-order chi connectivity index (χ1) is 9.04. The minimum Gasteiger partial charge on any atom is -0.323 e. The summed E-state index contributed by atoms with van der Waals surface area (Å²) in [5.41, 5.74) is 3.34. The van der Waals surface area contributed by atoms with Crippen LogP contribution in [0.1, 0.15) is 18.5 Å². The number of aromatic amines is 1. The molecule has 2 aromatic heterocycles. The second-order valence-corrected chi connectivity index (χ2v) is 5.57. The van der Waals surface area contributed by atoms with Crippen molar-refractivity contribution in [2.75, 3.05) is 5.43 Å². The van der Waals surface area contributed by atoms with Gasteiger partial charge < -0.3 is 5.43 Å². The highest BCUT2D eigenvalue weighted by molar-refractivity contribution is 7.89. The number of hydrazine groups is 1. The molecule has 1 unspecified atom stereocenters. The van der Waals surface area contributed by atoms with Crippen LogP contribution in [0.25, 0.3) is 0 Å². The van der Waals surface area contributed by atoms with Crippen LogP contribution in [0, 0.1) is 0 Å². The topological polar surface area (TPSA) is 126 Å². The Bertz CT molecular complexity index is 640. The highest BCUT2D eigenvalue weighted by Gasteiger charge is 2.22. The van der Waals surface area contributed by atoms with Gasteiger partial charge in [-0.05, 0) is 13.0 Å². The van der Waals surface area contributed by atoms with Gasteiger partial charge in [0.15, 0.2) is 0 Å². The van der Waals surface area contributed by atoms with Crippen LogP contribution < -0.4 is 16.0 Å². The van der Waals surface area contributed by atoms with E-state index in [1.165, 1.54) is 18.5 Å². The summed E-state index contributed by atoms with van der Waals surface area (Å²) in [6, 6.07) is 1.06. The number of aromatic nitrogens is 3. The largest absolute Gasteiger partial charge is 0.323 e. The average molecular weight is 282 g/mol. The van der Waals surface area contributed by atoms with E-state index in [4.69, 9.17) is 5.84 Å². The molecule has 19 heavy (non-hydrogen) atoms. The van der Waals surface area contributed by atoms with E-state index in [2.05, 4.69) is 25.3 Å². The van der Waals surface area contributed by atoms with Gasteiger partial charge in [-0.2, -0.15) is 5.10 Å². The predicted octanol–water partition coefficient (Wildman–Crippen LogP) is 0.130. The summed E-state index contributed by atoms with van der Waals surface area (Å²) in [6.45, 7) is 1.72. The molecule has 0 aliphatic heterocycles. The fourth-order valence-electron chi connectivity index (χ4n) is 1.58. The molecule has 0 saturated heterocycles. The van der Waals surface area contributed by atoms with Crippen molar-refractivity contribution in [2.45, 2.75) is 17.9 Å². The van der Waals surface area contributed by atoms with Crippen molar-refractivity contribution in [3.63, 3.8) is 0 Å². The molecule has 9 heteroatoms. The van der Waals surface area contributed by atoms with Crippen LogP contribution in [0.15, 0.2) is 35.7 Å². The molecule has 2 aromatic rings. The van der Waals surface area contributed by atoms with E-state index in [-0.39, 0.29) is 10.6 Å². The van der Waals surface area contributed by atoms with E-state index in [1.54, 1.807) is 19.3 Å². The molecule has 0 bridgehead atoms. The van der Waals surface area contributed by atoms with Gasteiger partial charge in [-0.3, -0.25) is 15.9 Å². The molecular formula is C10H14N6O2S. The summed E-state index contributed by atoms with van der Waals surface area (Å²) in [7, 11) is -3.72. The van der Waals surface area contributed by atoms with Gasteiger partial charge in [-0.15, -0.1) is 0 Å². The van der Waals surface area contributed by atoms with E-state index < -0.39 is 16.1 Å². The van der Waals surface area contributed by atoms with E-state index in [0.29, 0.717) is 0 Å². The Kier molecular flexibility index (Phi) is 3.79. The lowest BCUT2D eigenvalue weighted by Crippen LogP contribution is -2.28. The number of hydrogen-bond acceptors (Lipinski definition) is 6. The zero-order chi connectivity index (χ0) is 13.9. The molecule has 0 aliphatic carbocycles. The van der Waals surface area contributed by atoms with E-state index in [0.717, 1.165) is 5.56 Å². The number of sulfonamides is 1. The van der Waals surface area contributed by atoms with Crippen LogP contribution in [0.2, 0.25) is 0 Å². The van der Waals surface area contributed by atoms with Crippen molar-refractivity contribution in [1.29, 1.82) is 0 Å². The third-order valence-electron chi connectivity index (χ3n) is 2.58. The van der Waals surface area contributed by atoms with Gasteiger partial charge in [0.05, 0.1) is 11.9 Å². The van der Waals surface area contributed by atoms with Crippen molar-refractivity contribution >= 4 is 15.7 Å². The maximum atomic E-state index is 12.2. The highest BCUT2D eigenvalue weighted by Crippen LogP contribution is 2.21. The molecule has 0 aromatic carbocycles. The molecular weight excluding hydrogens is 268 g/mol. The number of rotatable bonds is 5. The second-order valence-electron chi connectivity index (χ2n) is 3.89. The number of nitrogen functional groups attached to an aromatic ring is 1. The Labute approximate surface area is 110 Å². The van der Waals surface area contributed by atoms with E-state index in [1.807, 2.05) is 0 Å². The average Bonchev–Trinajstić information content (AvgIpc) is 2.92. The Morgan fingerprint density at radius 1 is 1.42 bits per heavy atom. The fourth-order valence-corrected chi connectivity index (χ4v) is 2.92. The number of nitrogens with one attached hydrogen (secondary N) is 3. The lowest BCUT2D eigenvalue weighted by atomic mass is 10.2. The Morgan fingerprint density at radius 2 is 2.21 bits per heavy atom. The minimum atomic E-state index is -3.72. The Morgan fingerprint density at radius 3 is 2.84 bits per heavy atom. The summed E-state index contributed by atoms with van der Waals surface area (Å²) in [5.74, 6) is 5.29. The molecule has 1 atom stereocenters. The molecule has 0 aliphatic rings. The zero-order valence-corrected chi connectivity index (χ0v) is 11.0. The molecule has 2 rings (SSSR count). The summed E-state index contributed by atoms with van der Waals surface area (Å²) in [4.78, 5) is 3.79. The van der Waals surface area contributed by atoms with Crippen LogP contribution in [0.3, 0.4) is 0 Å². The third kappa shape index (κ3) is 2.89. The lowest BCUT2D eigenvalue weighted by Gasteiger charge is -2.14. The molecule has 0 fully saturated rings. The van der Waals surface area contributed by atoms with Crippen LogP contribution in [0.5, 0.6) is 0 Å². The van der Waals surface area contributed by atoms with Crippen LogP contribution in [-0.4, -0.2) is 23.6 Å². The van der Waals surface area contributed by atoms with Crippen molar-refractivity contribution in [3.8, 4) is 0 Å². The smallest absolute Gasteiger partial charge is 0.244 e. The van der Waals surface area contributed by atoms with Gasteiger partial charge >= 0.3 is 0 Å². The first-order valence-corrected chi connectivity index (χ1v) is 6.94. The Hall–Kier alpha value is -1.97. The molecule has 0 radical (unpaired) electrons. The van der Waals surface area contributed by atoms with Gasteiger partial charge in [-0.25, -0.2) is 13.1 Å². The fraction of sp³-hybridized carbons (Fsp3) is 0.200. The predicted molar refractivity (Wildman–Crippen MR) is 69.4 cm³/mol. The SMILES string of the molecule is CC(NS(=O)(=O)c1cnccc1NN)c1cn[nH]c1. The van der Waals surface area contributed by atoms with Gasteiger partial charge in [0, 0.05) is 30.2 Å². The Balaban J connectivity index is 2.28. The van der Waals surface area contributed by atoms with Crippen LogP contribution >= 0.6 is 0 Å². The summed E-state index contributed by atoms with van der Waals surface area (Å²) < 4.78 is 27.0. The third-order valence-corrected chi connectivity index (χ3v) is 4.15. The minimum absolute atomic E-state index is 0.00663. The molecule has 5 N–H and O–H groups in total. The maximum Gasteiger partial charge on any atom is 0.244 e. The van der Waals surface area contributed by atoms with Crippen molar-refractivity contribution in [1.82, 2.24) is 19.9 Å². The van der Waals surface area contributed by atoms with E-state index >= 15 is 0 Å². The molecule has 0 saturated carbocycles. The van der Waals surface area contributed by atoms with E-state index in [9.17, 15) is 8.42 Å². The lowest BCUT2D eigenvalue weighted by molar-refractivity contribution is 0.567. The first kappa shape index (κ1) is 13.5. The molecule has 2 heterocycles.